The average molecular weight is 628 g/mol. The third-order valence-corrected chi connectivity index (χ3v) is 6.14. The largest absolute Gasteiger partial charge is 0.399 e. The summed E-state index contributed by atoms with van der Waals surface area (Å²) in [6, 6.07) is 15.9. The first-order valence-electron chi connectivity index (χ1n) is 9.90. The molecule has 0 atom stereocenters. The van der Waals surface area contributed by atoms with Crippen molar-refractivity contribution >= 4 is 47.4 Å². The summed E-state index contributed by atoms with van der Waals surface area (Å²) in [6.45, 7) is 3.44. The molecule has 3 rings (SSSR count). The standard InChI is InChI=1S/3C6H7NO3S.C3H8O.Ti/c3*7-5-1-3-6(4-2-5)11(8,9)10;1-3(2)4;/h3*1-4H,7H2,(H,8,9,10);3-4H,1-2H3;. The molecule has 0 bridgehead atoms. The number of benzene rings is 3. The first kappa shape index (κ1) is 37.6. The van der Waals surface area contributed by atoms with E-state index in [0.29, 0.717) is 17.1 Å². The van der Waals surface area contributed by atoms with Crippen LogP contribution in [0, 0.1) is 0 Å². The molecule has 38 heavy (non-hydrogen) atoms. The van der Waals surface area contributed by atoms with E-state index >= 15 is 0 Å². The molecule has 0 radical (unpaired) electrons. The van der Waals surface area contributed by atoms with Crippen molar-refractivity contribution in [2.75, 3.05) is 17.2 Å². The first-order chi connectivity index (χ1) is 16.7. The van der Waals surface area contributed by atoms with Crippen molar-refractivity contribution in [2.24, 2.45) is 0 Å². The third kappa shape index (κ3) is 17.1. The van der Waals surface area contributed by atoms with Gasteiger partial charge in [0.1, 0.15) is 0 Å². The molecule has 17 heteroatoms. The van der Waals surface area contributed by atoms with E-state index in [4.69, 9.17) is 36.0 Å². The second-order valence-corrected chi connectivity index (χ2v) is 11.5. The SMILES string of the molecule is CC(C)O.Nc1ccc(S(=O)(=O)O)cc1.Nc1ccc(S(=O)(=O)O)cc1.Nc1ccc(S(=O)(=O)O)cc1.[Ti]. The summed E-state index contributed by atoms with van der Waals surface area (Å²) in [5.41, 5.74) is 17.2. The van der Waals surface area contributed by atoms with Crippen LogP contribution in [0.5, 0.6) is 0 Å². The number of hydrogen-bond acceptors (Lipinski definition) is 10. The Hall–Kier alpha value is -2.54. The second-order valence-electron chi connectivity index (χ2n) is 7.23. The van der Waals surface area contributed by atoms with Crippen LogP contribution in [-0.4, -0.2) is 50.1 Å². The molecule has 0 saturated carbocycles. The van der Waals surface area contributed by atoms with Crippen molar-refractivity contribution in [3.05, 3.63) is 72.8 Å². The quantitative estimate of drug-likeness (QED) is 0.124. The van der Waals surface area contributed by atoms with E-state index in [1.54, 1.807) is 13.8 Å². The van der Waals surface area contributed by atoms with Gasteiger partial charge in [-0.25, -0.2) is 0 Å². The van der Waals surface area contributed by atoms with Crippen LogP contribution < -0.4 is 17.2 Å². The zero-order chi connectivity index (χ0) is 29.0. The molecule has 13 nitrogen and oxygen atoms in total. The number of nitrogens with two attached hydrogens (primary N) is 3. The number of aliphatic hydroxyl groups excluding tert-OH is 1. The predicted octanol–water partition coefficient (Wildman–Crippen LogP) is 1.93. The van der Waals surface area contributed by atoms with E-state index in [-0.39, 0.29) is 42.5 Å². The summed E-state index contributed by atoms with van der Waals surface area (Å²) in [6.07, 6.45) is -0.167. The van der Waals surface area contributed by atoms with Gasteiger partial charge in [0, 0.05) is 44.9 Å². The van der Waals surface area contributed by atoms with E-state index in [1.807, 2.05) is 0 Å². The number of nitrogen functional groups attached to an aromatic ring is 3. The van der Waals surface area contributed by atoms with Gasteiger partial charge >= 0.3 is 0 Å². The molecule has 0 fully saturated rings. The van der Waals surface area contributed by atoms with Gasteiger partial charge < -0.3 is 22.3 Å². The van der Waals surface area contributed by atoms with Crippen molar-refractivity contribution in [1.29, 1.82) is 0 Å². The summed E-state index contributed by atoms with van der Waals surface area (Å²) < 4.78 is 88.3. The van der Waals surface area contributed by atoms with Gasteiger partial charge in [0.25, 0.3) is 30.4 Å². The molecular formula is C21H29N3O10S3Ti. The molecule has 3 aromatic carbocycles. The van der Waals surface area contributed by atoms with Crippen LogP contribution in [0.15, 0.2) is 87.5 Å². The Bertz CT molecular complexity index is 1250. The van der Waals surface area contributed by atoms with Crippen LogP contribution in [0.4, 0.5) is 17.1 Å². The number of hydrogen-bond donors (Lipinski definition) is 7. The zero-order valence-corrected chi connectivity index (χ0v) is 24.2. The summed E-state index contributed by atoms with van der Waals surface area (Å²) in [5.74, 6) is 0. The summed E-state index contributed by atoms with van der Waals surface area (Å²) in [5, 5.41) is 8.06. The second kappa shape index (κ2) is 16.4. The van der Waals surface area contributed by atoms with Gasteiger partial charge in [0.15, 0.2) is 0 Å². The molecule has 0 spiro atoms. The molecule has 210 valence electrons. The van der Waals surface area contributed by atoms with Gasteiger partial charge in [-0.05, 0) is 86.6 Å². The van der Waals surface area contributed by atoms with Crippen LogP contribution in [0.3, 0.4) is 0 Å². The van der Waals surface area contributed by atoms with Crippen molar-refractivity contribution in [3.8, 4) is 0 Å². The molecule has 0 unspecified atom stereocenters. The normalized spacial score (nSPS) is 10.8. The van der Waals surface area contributed by atoms with Crippen LogP contribution in [0.1, 0.15) is 13.8 Å². The number of aliphatic hydroxyl groups is 1. The summed E-state index contributed by atoms with van der Waals surface area (Å²) in [4.78, 5) is -0.440. The van der Waals surface area contributed by atoms with E-state index < -0.39 is 30.4 Å². The van der Waals surface area contributed by atoms with Crippen LogP contribution in [0.25, 0.3) is 0 Å². The maximum absolute atomic E-state index is 10.5. The maximum Gasteiger partial charge on any atom is 0.294 e. The molecule has 0 aliphatic heterocycles. The molecule has 0 aliphatic carbocycles. The Kier molecular flexibility index (Phi) is 16.3. The maximum atomic E-state index is 10.5. The topological polar surface area (TPSA) is 261 Å². The van der Waals surface area contributed by atoms with Crippen molar-refractivity contribution in [3.63, 3.8) is 0 Å². The molecule has 0 saturated heterocycles. The Morgan fingerprint density at radius 2 is 0.632 bits per heavy atom. The fourth-order valence-corrected chi connectivity index (χ4v) is 3.36. The van der Waals surface area contributed by atoms with E-state index in [0.717, 1.165) is 0 Å². The van der Waals surface area contributed by atoms with E-state index in [2.05, 4.69) is 0 Å². The first-order valence-corrected chi connectivity index (χ1v) is 14.2. The Balaban J connectivity index is 0. The van der Waals surface area contributed by atoms with Gasteiger partial charge in [0.05, 0.1) is 14.7 Å². The zero-order valence-electron chi connectivity index (χ0n) is 20.2. The fraction of sp³-hybridized carbons (Fsp3) is 0.143. The Morgan fingerprint density at radius 1 is 0.500 bits per heavy atom. The number of anilines is 3. The minimum absolute atomic E-state index is 0. The molecule has 0 amide bonds. The third-order valence-electron chi connectivity index (χ3n) is 3.53. The van der Waals surface area contributed by atoms with Crippen molar-refractivity contribution in [2.45, 2.75) is 34.6 Å². The van der Waals surface area contributed by atoms with Crippen LogP contribution >= 0.6 is 0 Å². The van der Waals surface area contributed by atoms with Crippen LogP contribution in [-0.2, 0) is 52.1 Å². The minimum Gasteiger partial charge on any atom is -0.399 e. The minimum atomic E-state index is -4.08. The molecule has 0 heterocycles. The van der Waals surface area contributed by atoms with Gasteiger partial charge in [-0.1, -0.05) is 0 Å². The summed E-state index contributed by atoms with van der Waals surface area (Å²) >= 11 is 0. The van der Waals surface area contributed by atoms with Gasteiger partial charge in [-0.15, -0.1) is 0 Å². The monoisotopic (exact) mass is 627 g/mol. The van der Waals surface area contributed by atoms with E-state index in [1.165, 1.54) is 72.8 Å². The number of rotatable bonds is 3. The molecule has 10 N–H and O–H groups in total. The van der Waals surface area contributed by atoms with Crippen molar-refractivity contribution < 1.29 is 65.7 Å². The molecule has 0 aromatic heterocycles. The van der Waals surface area contributed by atoms with E-state index in [9.17, 15) is 25.3 Å². The van der Waals surface area contributed by atoms with Gasteiger partial charge in [0.2, 0.25) is 0 Å². The molecule has 3 aromatic rings. The Morgan fingerprint density at radius 3 is 0.737 bits per heavy atom. The predicted molar refractivity (Wildman–Crippen MR) is 139 cm³/mol. The fourth-order valence-electron chi connectivity index (χ4n) is 1.92. The summed E-state index contributed by atoms with van der Waals surface area (Å²) in [7, 11) is -12.2. The smallest absolute Gasteiger partial charge is 0.294 e. The Labute approximate surface area is 236 Å². The van der Waals surface area contributed by atoms with Gasteiger partial charge in [-0.2, -0.15) is 25.3 Å². The van der Waals surface area contributed by atoms with Crippen LogP contribution in [0.2, 0.25) is 0 Å². The molecular weight excluding hydrogens is 598 g/mol. The average Bonchev–Trinajstić information content (AvgIpc) is 2.73. The van der Waals surface area contributed by atoms with Crippen molar-refractivity contribution in [1.82, 2.24) is 0 Å². The molecule has 0 aliphatic rings. The van der Waals surface area contributed by atoms with Gasteiger partial charge in [-0.3, -0.25) is 13.7 Å².